The molecule has 0 fully saturated rings. The van der Waals surface area contributed by atoms with Gasteiger partial charge in [-0.15, -0.1) is 0 Å². The van der Waals surface area contributed by atoms with Crippen molar-refractivity contribution >= 4 is 21.9 Å². The molecule has 0 saturated heterocycles. The van der Waals surface area contributed by atoms with Gasteiger partial charge in [0.25, 0.3) is 0 Å². The highest BCUT2D eigenvalue weighted by atomic mass is 79.9. The molecule has 0 aromatic heterocycles. The van der Waals surface area contributed by atoms with E-state index in [9.17, 15) is 4.79 Å². The largest absolute Gasteiger partial charge is 0.481 e. The van der Waals surface area contributed by atoms with Crippen LogP contribution in [0.4, 0.5) is 0 Å². The number of carboxylic acid groups (broad SMARTS) is 1. The second-order valence-corrected chi connectivity index (χ2v) is 4.86. The number of carbonyl (C=O) groups is 1. The van der Waals surface area contributed by atoms with Crippen molar-refractivity contribution in [2.45, 2.75) is 32.4 Å². The summed E-state index contributed by atoms with van der Waals surface area (Å²) in [5.74, 6) is -0.776. The predicted octanol–water partition coefficient (Wildman–Crippen LogP) is 2.96. The van der Waals surface area contributed by atoms with E-state index in [1.54, 1.807) is 0 Å². The molecule has 0 spiro atoms. The van der Waals surface area contributed by atoms with Crippen LogP contribution in [0, 0.1) is 0 Å². The van der Waals surface area contributed by atoms with E-state index in [1.807, 2.05) is 38.1 Å². The van der Waals surface area contributed by atoms with E-state index in [0.717, 1.165) is 10.0 Å². The van der Waals surface area contributed by atoms with E-state index >= 15 is 0 Å². The fraction of sp³-hybridized carbons (Fsp3) is 0.417. The van der Waals surface area contributed by atoms with Crippen molar-refractivity contribution in [3.8, 4) is 0 Å². The van der Waals surface area contributed by atoms with Gasteiger partial charge < -0.3 is 10.4 Å². The van der Waals surface area contributed by atoms with Crippen LogP contribution < -0.4 is 5.32 Å². The zero-order valence-electron chi connectivity index (χ0n) is 9.40. The minimum Gasteiger partial charge on any atom is -0.481 e. The Balaban J connectivity index is 2.58. The number of hydrogen-bond acceptors (Lipinski definition) is 2. The summed E-state index contributed by atoms with van der Waals surface area (Å²) in [6.07, 6.45) is 0.137. The summed E-state index contributed by atoms with van der Waals surface area (Å²) >= 11 is 3.42. The van der Waals surface area contributed by atoms with Crippen LogP contribution in [0.15, 0.2) is 28.7 Å². The molecule has 2 unspecified atom stereocenters. The molecular formula is C12H16BrNO2. The lowest BCUT2D eigenvalue weighted by atomic mass is 10.1. The van der Waals surface area contributed by atoms with Gasteiger partial charge in [-0.25, -0.2) is 0 Å². The number of carboxylic acids is 1. The topological polar surface area (TPSA) is 49.3 Å². The third-order valence-corrected chi connectivity index (χ3v) is 2.86. The minimum absolute atomic E-state index is 0.0357. The third-order valence-electron chi connectivity index (χ3n) is 2.36. The Morgan fingerprint density at radius 2 is 2.19 bits per heavy atom. The molecule has 0 heterocycles. The maximum atomic E-state index is 10.5. The molecular weight excluding hydrogens is 270 g/mol. The van der Waals surface area contributed by atoms with Gasteiger partial charge in [-0.3, -0.25) is 4.79 Å². The average molecular weight is 286 g/mol. The van der Waals surface area contributed by atoms with Crippen LogP contribution in [0.5, 0.6) is 0 Å². The molecule has 1 aromatic rings. The highest BCUT2D eigenvalue weighted by Gasteiger charge is 2.12. The lowest BCUT2D eigenvalue weighted by Gasteiger charge is -2.19. The highest BCUT2D eigenvalue weighted by Crippen LogP contribution is 2.18. The van der Waals surface area contributed by atoms with Gasteiger partial charge in [0.1, 0.15) is 0 Å². The lowest BCUT2D eigenvalue weighted by Crippen LogP contribution is -2.30. The maximum absolute atomic E-state index is 10.5. The Morgan fingerprint density at radius 3 is 2.75 bits per heavy atom. The molecule has 0 amide bonds. The normalized spacial score (nSPS) is 14.4. The monoisotopic (exact) mass is 285 g/mol. The van der Waals surface area contributed by atoms with Crippen molar-refractivity contribution in [2.75, 3.05) is 0 Å². The quantitative estimate of drug-likeness (QED) is 0.875. The second kappa shape index (κ2) is 6.01. The molecule has 2 N–H and O–H groups in total. The van der Waals surface area contributed by atoms with E-state index < -0.39 is 5.97 Å². The van der Waals surface area contributed by atoms with Gasteiger partial charge in [0.05, 0.1) is 6.42 Å². The van der Waals surface area contributed by atoms with Crippen LogP contribution in [0.1, 0.15) is 31.9 Å². The molecule has 0 aliphatic heterocycles. The summed E-state index contributed by atoms with van der Waals surface area (Å²) in [6, 6.07) is 8.11. The maximum Gasteiger partial charge on any atom is 0.304 e. The molecule has 1 aromatic carbocycles. The Labute approximate surface area is 104 Å². The average Bonchev–Trinajstić information content (AvgIpc) is 2.16. The minimum atomic E-state index is -0.776. The van der Waals surface area contributed by atoms with E-state index in [-0.39, 0.29) is 18.5 Å². The van der Waals surface area contributed by atoms with Crippen molar-refractivity contribution in [1.29, 1.82) is 0 Å². The van der Waals surface area contributed by atoms with Crippen LogP contribution in [-0.2, 0) is 4.79 Å². The van der Waals surface area contributed by atoms with Gasteiger partial charge in [-0.2, -0.15) is 0 Å². The van der Waals surface area contributed by atoms with Crippen LogP contribution in [0.3, 0.4) is 0 Å². The number of hydrogen-bond donors (Lipinski definition) is 2. The van der Waals surface area contributed by atoms with E-state index in [1.165, 1.54) is 0 Å². The van der Waals surface area contributed by atoms with Crippen molar-refractivity contribution in [3.05, 3.63) is 34.3 Å². The molecule has 0 saturated carbocycles. The van der Waals surface area contributed by atoms with Gasteiger partial charge in [0.15, 0.2) is 0 Å². The third kappa shape index (κ3) is 4.33. The van der Waals surface area contributed by atoms with Gasteiger partial charge in [0, 0.05) is 16.6 Å². The van der Waals surface area contributed by atoms with Crippen LogP contribution >= 0.6 is 15.9 Å². The van der Waals surface area contributed by atoms with Crippen molar-refractivity contribution in [2.24, 2.45) is 0 Å². The number of rotatable bonds is 5. The van der Waals surface area contributed by atoms with Crippen LogP contribution in [0.2, 0.25) is 0 Å². The zero-order valence-corrected chi connectivity index (χ0v) is 11.0. The summed E-state index contributed by atoms with van der Waals surface area (Å²) in [7, 11) is 0. The number of benzene rings is 1. The second-order valence-electron chi connectivity index (χ2n) is 3.94. The van der Waals surface area contributed by atoms with Crippen LogP contribution in [0.25, 0.3) is 0 Å². The van der Waals surface area contributed by atoms with E-state index in [0.29, 0.717) is 0 Å². The first-order chi connectivity index (χ1) is 7.49. The summed E-state index contributed by atoms with van der Waals surface area (Å²) in [6.45, 7) is 3.91. The molecule has 4 heteroatoms. The Bertz CT molecular complexity index is 368. The molecule has 2 atom stereocenters. The molecule has 0 bridgehead atoms. The Hall–Kier alpha value is -0.870. The van der Waals surface area contributed by atoms with Gasteiger partial charge in [-0.05, 0) is 31.5 Å². The summed E-state index contributed by atoms with van der Waals surface area (Å²) < 4.78 is 1.03. The highest BCUT2D eigenvalue weighted by molar-refractivity contribution is 9.10. The summed E-state index contributed by atoms with van der Waals surface area (Å²) in [5.41, 5.74) is 1.15. The first kappa shape index (κ1) is 13.2. The molecule has 16 heavy (non-hydrogen) atoms. The first-order valence-corrected chi connectivity index (χ1v) is 6.01. The molecule has 88 valence electrons. The summed E-state index contributed by atoms with van der Waals surface area (Å²) in [4.78, 5) is 10.5. The fourth-order valence-electron chi connectivity index (χ4n) is 1.62. The van der Waals surface area contributed by atoms with Gasteiger partial charge in [-0.1, -0.05) is 28.1 Å². The SMILES string of the molecule is CC(CC(=O)O)NC(C)c1cccc(Br)c1. The zero-order chi connectivity index (χ0) is 12.1. The molecule has 3 nitrogen and oxygen atoms in total. The summed E-state index contributed by atoms with van der Waals surface area (Å²) in [5, 5.41) is 11.9. The number of halogens is 1. The van der Waals surface area contributed by atoms with E-state index in [2.05, 4.69) is 21.2 Å². The van der Waals surface area contributed by atoms with Crippen molar-refractivity contribution in [1.82, 2.24) is 5.32 Å². The van der Waals surface area contributed by atoms with Crippen molar-refractivity contribution in [3.63, 3.8) is 0 Å². The Morgan fingerprint density at radius 1 is 1.50 bits per heavy atom. The van der Waals surface area contributed by atoms with Crippen LogP contribution in [-0.4, -0.2) is 17.1 Å². The Kier molecular flexibility index (Phi) is 4.96. The molecule has 1 rings (SSSR count). The molecule has 0 radical (unpaired) electrons. The smallest absolute Gasteiger partial charge is 0.304 e. The first-order valence-electron chi connectivity index (χ1n) is 5.22. The lowest BCUT2D eigenvalue weighted by molar-refractivity contribution is -0.137. The van der Waals surface area contributed by atoms with E-state index in [4.69, 9.17) is 5.11 Å². The standard InChI is InChI=1S/C12H16BrNO2/c1-8(6-12(15)16)14-9(2)10-4-3-5-11(13)7-10/h3-5,7-9,14H,6H2,1-2H3,(H,15,16). The molecule has 0 aliphatic carbocycles. The van der Waals surface area contributed by atoms with Gasteiger partial charge >= 0.3 is 5.97 Å². The number of aliphatic carboxylic acids is 1. The van der Waals surface area contributed by atoms with Gasteiger partial charge in [0.2, 0.25) is 0 Å². The fourth-order valence-corrected chi connectivity index (χ4v) is 2.04. The molecule has 0 aliphatic rings. The predicted molar refractivity (Wildman–Crippen MR) is 67.4 cm³/mol. The van der Waals surface area contributed by atoms with Crippen molar-refractivity contribution < 1.29 is 9.90 Å². The number of nitrogens with one attached hydrogen (secondary N) is 1.